The quantitative estimate of drug-likeness (QED) is 0.666. The minimum absolute atomic E-state index is 0.0101. The van der Waals surface area contributed by atoms with Crippen LogP contribution in [0.5, 0.6) is 0 Å². The first-order chi connectivity index (χ1) is 11.0. The van der Waals surface area contributed by atoms with Crippen LogP contribution >= 0.6 is 11.6 Å². The van der Waals surface area contributed by atoms with E-state index < -0.39 is 4.92 Å². The van der Waals surface area contributed by atoms with Crippen molar-refractivity contribution in [3.05, 3.63) is 80.9 Å². The molecular weight excluding hydrogens is 318 g/mol. The first-order valence-electron chi connectivity index (χ1n) is 6.82. The monoisotopic (exact) mass is 329 g/mol. The van der Waals surface area contributed by atoms with E-state index in [9.17, 15) is 14.9 Å². The molecule has 1 unspecified atom stereocenters. The van der Waals surface area contributed by atoms with Gasteiger partial charge in [0.2, 0.25) is 0 Å². The van der Waals surface area contributed by atoms with E-state index >= 15 is 0 Å². The van der Waals surface area contributed by atoms with Gasteiger partial charge in [0, 0.05) is 22.9 Å². The molecule has 0 aromatic heterocycles. The average Bonchev–Trinajstić information content (AvgIpc) is 2.55. The maximum absolute atomic E-state index is 11.9. The molecule has 1 heterocycles. The van der Waals surface area contributed by atoms with Crippen LogP contribution in [0.25, 0.3) is 5.70 Å². The molecule has 2 aromatic rings. The molecule has 1 atom stereocenters. The summed E-state index contributed by atoms with van der Waals surface area (Å²) in [7, 11) is 0. The van der Waals surface area contributed by atoms with Crippen LogP contribution < -0.4 is 10.6 Å². The number of amides is 2. The highest BCUT2D eigenvalue weighted by Crippen LogP contribution is 2.25. The van der Waals surface area contributed by atoms with Crippen molar-refractivity contribution in [1.29, 1.82) is 0 Å². The number of halogens is 1. The summed E-state index contributed by atoms with van der Waals surface area (Å²) < 4.78 is 0. The molecule has 23 heavy (non-hydrogen) atoms. The van der Waals surface area contributed by atoms with E-state index in [-0.39, 0.29) is 17.8 Å². The van der Waals surface area contributed by atoms with Crippen LogP contribution in [-0.4, -0.2) is 11.0 Å². The summed E-state index contributed by atoms with van der Waals surface area (Å²) in [6.45, 7) is 0. The Hall–Kier alpha value is -2.86. The van der Waals surface area contributed by atoms with Gasteiger partial charge in [-0.05, 0) is 41.5 Å². The summed E-state index contributed by atoms with van der Waals surface area (Å²) in [5.74, 6) is 0. The summed E-state index contributed by atoms with van der Waals surface area (Å²) in [5, 5.41) is 16.8. The number of nitro benzene ring substituents is 1. The second-order valence-electron chi connectivity index (χ2n) is 5.01. The normalized spacial score (nSPS) is 17.0. The number of urea groups is 1. The van der Waals surface area contributed by atoms with Crippen molar-refractivity contribution >= 4 is 29.0 Å². The molecule has 0 fully saturated rings. The van der Waals surface area contributed by atoms with Crippen LogP contribution in [0.2, 0.25) is 5.02 Å². The number of carbonyl (C=O) groups excluding carboxylic acids is 1. The zero-order valence-corrected chi connectivity index (χ0v) is 12.6. The van der Waals surface area contributed by atoms with E-state index in [0.29, 0.717) is 10.7 Å². The number of hydrogen-bond donors (Lipinski definition) is 2. The Morgan fingerprint density at radius 3 is 2.30 bits per heavy atom. The number of benzene rings is 2. The van der Waals surface area contributed by atoms with E-state index in [1.807, 2.05) is 18.2 Å². The predicted molar refractivity (Wildman–Crippen MR) is 86.9 cm³/mol. The molecule has 0 bridgehead atoms. The lowest BCUT2D eigenvalue weighted by atomic mass is 10.0. The predicted octanol–water partition coefficient (Wildman–Crippen LogP) is 3.64. The van der Waals surface area contributed by atoms with E-state index in [2.05, 4.69) is 10.6 Å². The maximum atomic E-state index is 11.9. The van der Waals surface area contributed by atoms with Crippen LogP contribution in [0.4, 0.5) is 10.5 Å². The molecule has 1 aliphatic rings. The number of nitro groups is 1. The van der Waals surface area contributed by atoms with Gasteiger partial charge in [0.25, 0.3) is 5.69 Å². The van der Waals surface area contributed by atoms with Gasteiger partial charge in [0.15, 0.2) is 0 Å². The maximum Gasteiger partial charge on any atom is 0.319 e. The van der Waals surface area contributed by atoms with Gasteiger partial charge < -0.3 is 10.6 Å². The molecular formula is C16H12ClN3O3. The summed E-state index contributed by atoms with van der Waals surface area (Å²) in [6, 6.07) is 12.5. The Balaban J connectivity index is 1.92. The average molecular weight is 330 g/mol. The minimum Gasteiger partial charge on any atom is -0.327 e. The molecule has 0 saturated carbocycles. The largest absolute Gasteiger partial charge is 0.327 e. The van der Waals surface area contributed by atoms with E-state index in [1.54, 1.807) is 24.3 Å². The summed E-state index contributed by atoms with van der Waals surface area (Å²) in [5.41, 5.74) is 2.26. The molecule has 2 aromatic carbocycles. The van der Waals surface area contributed by atoms with Gasteiger partial charge >= 0.3 is 6.03 Å². The number of nitrogens with one attached hydrogen (secondary N) is 2. The van der Waals surface area contributed by atoms with Gasteiger partial charge in [-0.1, -0.05) is 23.7 Å². The Morgan fingerprint density at radius 1 is 1.04 bits per heavy atom. The fourth-order valence-corrected chi connectivity index (χ4v) is 2.46. The lowest BCUT2D eigenvalue weighted by Crippen LogP contribution is -2.40. The van der Waals surface area contributed by atoms with Crippen molar-refractivity contribution in [2.24, 2.45) is 0 Å². The topological polar surface area (TPSA) is 84.3 Å². The van der Waals surface area contributed by atoms with Gasteiger partial charge in [-0.2, -0.15) is 0 Å². The van der Waals surface area contributed by atoms with Crippen molar-refractivity contribution < 1.29 is 9.72 Å². The third kappa shape index (κ3) is 3.32. The third-order valence-electron chi connectivity index (χ3n) is 3.49. The van der Waals surface area contributed by atoms with E-state index in [1.165, 1.54) is 12.1 Å². The molecule has 0 saturated heterocycles. The van der Waals surface area contributed by atoms with Crippen LogP contribution in [0.3, 0.4) is 0 Å². The molecule has 3 rings (SSSR count). The zero-order valence-electron chi connectivity index (χ0n) is 11.8. The van der Waals surface area contributed by atoms with E-state index in [0.717, 1.165) is 11.1 Å². The molecule has 0 spiro atoms. The smallest absolute Gasteiger partial charge is 0.319 e. The fraction of sp³-hybridized carbons (Fsp3) is 0.0625. The lowest BCUT2D eigenvalue weighted by molar-refractivity contribution is -0.384. The first kappa shape index (κ1) is 15.1. The lowest BCUT2D eigenvalue weighted by Gasteiger charge is -2.24. The third-order valence-corrected chi connectivity index (χ3v) is 3.74. The van der Waals surface area contributed by atoms with Crippen LogP contribution in [-0.2, 0) is 0 Å². The summed E-state index contributed by atoms with van der Waals surface area (Å²) in [6.07, 6.45) is 1.85. The van der Waals surface area contributed by atoms with Crippen molar-refractivity contribution in [2.45, 2.75) is 6.04 Å². The Labute approximate surface area is 136 Å². The second-order valence-corrected chi connectivity index (χ2v) is 5.45. The molecule has 0 aliphatic carbocycles. The highest BCUT2D eigenvalue weighted by Gasteiger charge is 2.21. The summed E-state index contributed by atoms with van der Waals surface area (Å²) >= 11 is 5.87. The number of hydrogen-bond acceptors (Lipinski definition) is 3. The van der Waals surface area contributed by atoms with Gasteiger partial charge in [0.05, 0.1) is 11.0 Å². The zero-order chi connectivity index (χ0) is 16.4. The minimum atomic E-state index is -0.459. The summed E-state index contributed by atoms with van der Waals surface area (Å²) in [4.78, 5) is 22.1. The van der Waals surface area contributed by atoms with Crippen molar-refractivity contribution in [2.75, 3.05) is 0 Å². The standard InChI is InChI=1S/C16H12ClN3O3/c17-12-5-1-10(2-6-12)14-9-15(19-16(21)18-14)11-3-7-13(8-4-11)20(22)23/h1-9,15H,(H2,18,19,21). The Morgan fingerprint density at radius 2 is 1.70 bits per heavy atom. The highest BCUT2D eigenvalue weighted by molar-refractivity contribution is 6.30. The van der Waals surface area contributed by atoms with Crippen LogP contribution in [0, 0.1) is 10.1 Å². The first-order valence-corrected chi connectivity index (χ1v) is 7.20. The molecule has 0 radical (unpaired) electrons. The van der Waals surface area contributed by atoms with Crippen molar-refractivity contribution in [3.63, 3.8) is 0 Å². The molecule has 1 aliphatic heterocycles. The van der Waals surface area contributed by atoms with Crippen LogP contribution in [0.1, 0.15) is 17.2 Å². The van der Waals surface area contributed by atoms with Gasteiger partial charge in [-0.25, -0.2) is 4.79 Å². The van der Waals surface area contributed by atoms with Crippen LogP contribution in [0.15, 0.2) is 54.6 Å². The number of rotatable bonds is 3. The fourth-order valence-electron chi connectivity index (χ4n) is 2.33. The Bertz CT molecular complexity index is 785. The SMILES string of the molecule is O=C1NC(c2ccc(Cl)cc2)=CC(c2ccc([N+](=O)[O-])cc2)N1. The molecule has 2 amide bonds. The number of carbonyl (C=O) groups is 1. The van der Waals surface area contributed by atoms with Gasteiger partial charge in [0.1, 0.15) is 0 Å². The van der Waals surface area contributed by atoms with Gasteiger partial charge in [-0.3, -0.25) is 10.1 Å². The number of nitrogens with zero attached hydrogens (tertiary/aromatic N) is 1. The molecule has 2 N–H and O–H groups in total. The van der Waals surface area contributed by atoms with E-state index in [4.69, 9.17) is 11.6 Å². The molecule has 7 heteroatoms. The van der Waals surface area contributed by atoms with Crippen molar-refractivity contribution in [3.8, 4) is 0 Å². The molecule has 116 valence electrons. The Kier molecular flexibility index (Phi) is 3.99. The number of non-ortho nitro benzene ring substituents is 1. The highest BCUT2D eigenvalue weighted by atomic mass is 35.5. The molecule has 6 nitrogen and oxygen atoms in total. The second kappa shape index (κ2) is 6.10. The van der Waals surface area contributed by atoms with Gasteiger partial charge in [-0.15, -0.1) is 0 Å². The van der Waals surface area contributed by atoms with Crippen molar-refractivity contribution in [1.82, 2.24) is 10.6 Å².